The lowest BCUT2D eigenvalue weighted by molar-refractivity contribution is -0.121. The molecule has 4 rings (SSSR count). The molecule has 0 unspecified atom stereocenters. The lowest BCUT2D eigenvalue weighted by Gasteiger charge is -2.44. The number of rotatable bonds is 6. The second kappa shape index (κ2) is 8.48. The second-order valence-electron chi connectivity index (χ2n) is 8.36. The van der Waals surface area contributed by atoms with Crippen molar-refractivity contribution in [3.05, 3.63) is 36.0 Å². The lowest BCUT2D eigenvalue weighted by Crippen LogP contribution is -2.51. The Kier molecular flexibility index (Phi) is 5.81. The average molecular weight is 382 g/mol. The first-order valence-corrected chi connectivity index (χ1v) is 10.7. The fraction of sp³-hybridized carbons (Fsp3) is 0.565. The third kappa shape index (κ3) is 4.00. The normalized spacial score (nSPS) is 22.8. The summed E-state index contributed by atoms with van der Waals surface area (Å²) in [6.07, 6.45) is 8.74. The summed E-state index contributed by atoms with van der Waals surface area (Å²) in [5.74, 6) is 0.763. The summed E-state index contributed by atoms with van der Waals surface area (Å²) in [6.45, 7) is 5.45. The second-order valence-corrected chi connectivity index (χ2v) is 8.36. The molecule has 1 amide bonds. The Morgan fingerprint density at radius 3 is 2.79 bits per heavy atom. The molecule has 2 fully saturated rings. The van der Waals surface area contributed by atoms with Gasteiger partial charge in [0.2, 0.25) is 5.91 Å². The van der Waals surface area contributed by atoms with Crippen LogP contribution in [0, 0.1) is 5.92 Å². The number of nitrogens with one attached hydrogen (secondary N) is 1. The predicted octanol–water partition coefficient (Wildman–Crippen LogP) is 3.61. The van der Waals surface area contributed by atoms with Crippen molar-refractivity contribution in [1.29, 1.82) is 0 Å². The van der Waals surface area contributed by atoms with Gasteiger partial charge in [0, 0.05) is 48.2 Å². The van der Waals surface area contributed by atoms with E-state index in [2.05, 4.69) is 10.2 Å². The molecule has 0 radical (unpaired) electrons. The number of piperidine rings is 2. The third-order valence-corrected chi connectivity index (χ3v) is 6.54. The number of nitrogens with zero attached hydrogens (tertiary/aromatic N) is 2. The zero-order valence-corrected chi connectivity index (χ0v) is 16.8. The Bertz CT molecular complexity index is 855. The van der Waals surface area contributed by atoms with Crippen LogP contribution in [0.1, 0.15) is 55.8 Å². The van der Waals surface area contributed by atoms with Gasteiger partial charge in [-0.1, -0.05) is 24.6 Å². The van der Waals surface area contributed by atoms with Gasteiger partial charge in [0.15, 0.2) is 5.78 Å². The number of aromatic nitrogens is 1. The first-order valence-electron chi connectivity index (χ1n) is 10.7. The van der Waals surface area contributed by atoms with Crippen LogP contribution in [-0.4, -0.2) is 46.8 Å². The Labute approximate surface area is 167 Å². The minimum absolute atomic E-state index is 0.0636. The van der Waals surface area contributed by atoms with Gasteiger partial charge in [0.1, 0.15) is 0 Å². The van der Waals surface area contributed by atoms with Gasteiger partial charge in [-0.05, 0) is 57.7 Å². The van der Waals surface area contributed by atoms with E-state index < -0.39 is 0 Å². The molecule has 2 aliphatic rings. The van der Waals surface area contributed by atoms with Gasteiger partial charge in [-0.3, -0.25) is 9.59 Å². The maximum absolute atomic E-state index is 12.5. The number of carbonyl (C=O) groups is 2. The van der Waals surface area contributed by atoms with E-state index in [0.29, 0.717) is 24.9 Å². The van der Waals surface area contributed by atoms with E-state index in [1.165, 1.54) is 45.2 Å². The minimum Gasteiger partial charge on any atom is -0.356 e. The van der Waals surface area contributed by atoms with Crippen LogP contribution in [0.2, 0.25) is 0 Å². The van der Waals surface area contributed by atoms with Gasteiger partial charge in [-0.15, -0.1) is 0 Å². The molecule has 3 heterocycles. The number of carbonyl (C=O) groups excluding carboxylic acids is 2. The summed E-state index contributed by atoms with van der Waals surface area (Å²) >= 11 is 0. The first kappa shape index (κ1) is 19.2. The van der Waals surface area contributed by atoms with E-state index in [0.717, 1.165) is 23.0 Å². The fourth-order valence-electron chi connectivity index (χ4n) is 5.08. The minimum atomic E-state index is 0.0636. The third-order valence-electron chi connectivity index (χ3n) is 6.54. The molecule has 28 heavy (non-hydrogen) atoms. The molecule has 0 aliphatic carbocycles. The van der Waals surface area contributed by atoms with Crippen molar-refractivity contribution in [3.8, 4) is 0 Å². The molecule has 1 aromatic heterocycles. The van der Waals surface area contributed by atoms with Crippen LogP contribution in [0.15, 0.2) is 30.5 Å². The number of benzene rings is 1. The van der Waals surface area contributed by atoms with Crippen LogP contribution >= 0.6 is 0 Å². The molecule has 2 aliphatic heterocycles. The fourth-order valence-corrected chi connectivity index (χ4v) is 5.08. The summed E-state index contributed by atoms with van der Waals surface area (Å²) in [4.78, 5) is 27.0. The molecule has 5 nitrogen and oxygen atoms in total. The highest BCUT2D eigenvalue weighted by Crippen LogP contribution is 2.30. The predicted molar refractivity (Wildman–Crippen MR) is 112 cm³/mol. The van der Waals surface area contributed by atoms with E-state index in [9.17, 15) is 9.59 Å². The van der Waals surface area contributed by atoms with Crippen LogP contribution in [0.25, 0.3) is 10.9 Å². The van der Waals surface area contributed by atoms with Crippen molar-refractivity contribution in [3.63, 3.8) is 0 Å². The average Bonchev–Trinajstić information content (AvgIpc) is 3.10. The molecule has 2 atom stereocenters. The number of aryl methyl sites for hydroxylation is 1. The summed E-state index contributed by atoms with van der Waals surface area (Å²) < 4.78 is 2.04. The SMILES string of the molecule is CC(=O)c1cn(CCC(=O)NC[C@@H]2CCCN3CCCC[C@H]23)c2ccccc12. The Balaban J connectivity index is 1.34. The first-order chi connectivity index (χ1) is 13.6. The number of amides is 1. The Morgan fingerprint density at radius 2 is 1.93 bits per heavy atom. The number of fused-ring (bicyclic) bond motifs is 2. The van der Waals surface area contributed by atoms with Crippen molar-refractivity contribution in [1.82, 2.24) is 14.8 Å². The molecule has 5 heteroatoms. The molecule has 2 aromatic rings. The molecular weight excluding hydrogens is 350 g/mol. The van der Waals surface area contributed by atoms with E-state index in [1.807, 2.05) is 35.0 Å². The number of hydrogen-bond donors (Lipinski definition) is 1. The summed E-state index contributed by atoms with van der Waals surface area (Å²) in [5.41, 5.74) is 1.75. The topological polar surface area (TPSA) is 54.3 Å². The van der Waals surface area contributed by atoms with E-state index in [-0.39, 0.29) is 11.7 Å². The number of hydrogen-bond acceptors (Lipinski definition) is 3. The molecule has 150 valence electrons. The summed E-state index contributed by atoms with van der Waals surface area (Å²) in [6, 6.07) is 8.57. The van der Waals surface area contributed by atoms with E-state index >= 15 is 0 Å². The van der Waals surface area contributed by atoms with Gasteiger partial charge in [0.25, 0.3) is 0 Å². The maximum atomic E-state index is 12.5. The highest BCUT2D eigenvalue weighted by atomic mass is 16.1. The lowest BCUT2D eigenvalue weighted by atomic mass is 9.83. The van der Waals surface area contributed by atoms with Crippen LogP contribution < -0.4 is 5.32 Å². The largest absolute Gasteiger partial charge is 0.356 e. The number of para-hydroxylation sites is 1. The van der Waals surface area contributed by atoms with Crippen LogP contribution in [-0.2, 0) is 11.3 Å². The summed E-state index contributed by atoms with van der Waals surface area (Å²) in [7, 11) is 0. The zero-order valence-electron chi connectivity index (χ0n) is 16.8. The smallest absolute Gasteiger partial charge is 0.221 e. The van der Waals surface area contributed by atoms with Gasteiger partial charge >= 0.3 is 0 Å². The van der Waals surface area contributed by atoms with Crippen LogP contribution in [0.5, 0.6) is 0 Å². The maximum Gasteiger partial charge on any atom is 0.221 e. The van der Waals surface area contributed by atoms with Gasteiger partial charge in [-0.2, -0.15) is 0 Å². The van der Waals surface area contributed by atoms with E-state index in [4.69, 9.17) is 0 Å². The molecule has 0 spiro atoms. The van der Waals surface area contributed by atoms with Crippen LogP contribution in [0.3, 0.4) is 0 Å². The van der Waals surface area contributed by atoms with Gasteiger partial charge in [-0.25, -0.2) is 0 Å². The van der Waals surface area contributed by atoms with Crippen LogP contribution in [0.4, 0.5) is 0 Å². The molecule has 2 saturated heterocycles. The van der Waals surface area contributed by atoms with Crippen molar-refractivity contribution in [2.75, 3.05) is 19.6 Å². The highest BCUT2D eigenvalue weighted by molar-refractivity contribution is 6.06. The van der Waals surface area contributed by atoms with Crippen molar-refractivity contribution >= 4 is 22.6 Å². The van der Waals surface area contributed by atoms with Crippen molar-refractivity contribution in [2.24, 2.45) is 5.92 Å². The molecule has 0 saturated carbocycles. The monoisotopic (exact) mass is 381 g/mol. The Hall–Kier alpha value is -2.14. The molecule has 0 bridgehead atoms. The van der Waals surface area contributed by atoms with Crippen molar-refractivity contribution in [2.45, 2.75) is 58.0 Å². The zero-order chi connectivity index (χ0) is 19.5. The Morgan fingerprint density at radius 1 is 1.11 bits per heavy atom. The van der Waals surface area contributed by atoms with Gasteiger partial charge < -0.3 is 14.8 Å². The molecule has 1 aromatic carbocycles. The number of Topliss-reactive ketones (excluding diaryl/α,β-unsaturated/α-hetero) is 1. The van der Waals surface area contributed by atoms with Gasteiger partial charge in [0.05, 0.1) is 0 Å². The van der Waals surface area contributed by atoms with Crippen molar-refractivity contribution < 1.29 is 9.59 Å². The molecule has 1 N–H and O–H groups in total. The highest BCUT2D eigenvalue weighted by Gasteiger charge is 2.32. The van der Waals surface area contributed by atoms with E-state index in [1.54, 1.807) is 6.92 Å². The molecular formula is C23H31N3O2. The summed E-state index contributed by atoms with van der Waals surface area (Å²) in [5, 5.41) is 4.16. The standard InChI is InChI=1S/C23H31N3O2/c1-17(27)20-16-26(22-10-3-2-8-19(20)22)14-11-23(28)24-15-18-7-6-13-25-12-5-4-9-21(18)25/h2-3,8,10,16,18,21H,4-7,9,11-15H2,1H3,(H,24,28)/t18-,21+/m0/s1. The quantitative estimate of drug-likeness (QED) is 0.778. The number of ketones is 1.